The summed E-state index contributed by atoms with van der Waals surface area (Å²) in [6, 6.07) is 0. The summed E-state index contributed by atoms with van der Waals surface area (Å²) >= 11 is 0. The van der Waals surface area contributed by atoms with Gasteiger partial charge in [0.25, 0.3) is 0 Å². The van der Waals surface area contributed by atoms with Gasteiger partial charge in [-0.1, -0.05) is 12.2 Å². The lowest BCUT2D eigenvalue weighted by molar-refractivity contribution is 0.0514. The molecule has 4 nitrogen and oxygen atoms in total. The van der Waals surface area contributed by atoms with Gasteiger partial charge in [-0.15, -0.1) is 0 Å². The molecule has 1 aromatic heterocycles. The highest BCUT2D eigenvalue weighted by molar-refractivity contribution is 5.71. The zero-order valence-corrected chi connectivity index (χ0v) is 9.86. The second kappa shape index (κ2) is 3.77. The van der Waals surface area contributed by atoms with Crippen LogP contribution in [0.2, 0.25) is 0 Å². The first-order valence-electron chi connectivity index (χ1n) is 5.44. The minimum absolute atomic E-state index is 0.421. The first-order chi connectivity index (χ1) is 7.46. The van der Waals surface area contributed by atoms with Gasteiger partial charge in [0.05, 0.1) is 5.69 Å². The van der Waals surface area contributed by atoms with Crippen LogP contribution in [0.1, 0.15) is 38.4 Å². The zero-order valence-electron chi connectivity index (χ0n) is 9.86. The van der Waals surface area contributed by atoms with Crippen molar-refractivity contribution >= 4 is 12.2 Å². The van der Waals surface area contributed by atoms with Crippen LogP contribution in [0.25, 0.3) is 6.08 Å². The molecule has 86 valence electrons. The number of nitrogens with zero attached hydrogens (tertiary/aromatic N) is 2. The van der Waals surface area contributed by atoms with E-state index in [0.717, 1.165) is 24.1 Å². The lowest BCUT2D eigenvalue weighted by Crippen LogP contribution is -2.27. The Kier molecular flexibility index (Phi) is 2.58. The fourth-order valence-electron chi connectivity index (χ4n) is 1.59. The van der Waals surface area contributed by atoms with Gasteiger partial charge >= 0.3 is 6.09 Å². The monoisotopic (exact) mass is 220 g/mol. The Balaban J connectivity index is 2.19. The van der Waals surface area contributed by atoms with E-state index >= 15 is 0 Å². The molecule has 0 unspecified atom stereocenters. The number of carbonyl (C=O) groups is 1. The Labute approximate surface area is 94.9 Å². The van der Waals surface area contributed by atoms with Crippen molar-refractivity contribution in [1.82, 2.24) is 9.78 Å². The molecule has 0 spiro atoms. The fraction of sp³-hybridized carbons (Fsp3) is 0.500. The molecule has 1 aromatic rings. The van der Waals surface area contributed by atoms with Crippen LogP contribution in [0, 0.1) is 0 Å². The number of ether oxygens (including phenoxy) is 1. The Hall–Kier alpha value is -1.58. The summed E-state index contributed by atoms with van der Waals surface area (Å²) < 4.78 is 6.52. The summed E-state index contributed by atoms with van der Waals surface area (Å²) in [5.74, 6) is 0. The number of hydrogen-bond donors (Lipinski definition) is 0. The highest BCUT2D eigenvalue weighted by Gasteiger charge is 2.20. The largest absolute Gasteiger partial charge is 0.442 e. The number of hydrogen-bond acceptors (Lipinski definition) is 3. The molecule has 0 saturated heterocycles. The second-order valence-electron chi connectivity index (χ2n) is 4.90. The zero-order chi connectivity index (χ0) is 11.8. The maximum Gasteiger partial charge on any atom is 0.435 e. The topological polar surface area (TPSA) is 44.1 Å². The van der Waals surface area contributed by atoms with Gasteiger partial charge in [0.1, 0.15) is 5.60 Å². The summed E-state index contributed by atoms with van der Waals surface area (Å²) in [5, 5.41) is 4.23. The predicted octanol–water partition coefficient (Wildman–Crippen LogP) is 2.63. The van der Waals surface area contributed by atoms with Crippen LogP contribution in [0.4, 0.5) is 4.79 Å². The van der Waals surface area contributed by atoms with E-state index in [9.17, 15) is 4.79 Å². The molecule has 0 amide bonds. The Morgan fingerprint density at radius 3 is 2.88 bits per heavy atom. The molecule has 16 heavy (non-hydrogen) atoms. The highest BCUT2D eigenvalue weighted by atomic mass is 16.6. The molecule has 1 aliphatic carbocycles. The van der Waals surface area contributed by atoms with E-state index in [4.69, 9.17) is 4.74 Å². The summed E-state index contributed by atoms with van der Waals surface area (Å²) in [5.41, 5.74) is 1.49. The van der Waals surface area contributed by atoms with E-state index < -0.39 is 11.7 Å². The molecule has 2 rings (SSSR count). The van der Waals surface area contributed by atoms with Crippen molar-refractivity contribution in [3.63, 3.8) is 0 Å². The molecule has 0 radical (unpaired) electrons. The first kappa shape index (κ1) is 10.9. The van der Waals surface area contributed by atoms with E-state index in [2.05, 4.69) is 11.2 Å². The normalized spacial score (nSPS) is 14.7. The van der Waals surface area contributed by atoms with Crippen molar-refractivity contribution in [2.24, 2.45) is 0 Å². The van der Waals surface area contributed by atoms with Crippen LogP contribution in [0.15, 0.2) is 12.3 Å². The predicted molar refractivity (Wildman–Crippen MR) is 61.2 cm³/mol. The van der Waals surface area contributed by atoms with Gasteiger partial charge in [-0.25, -0.2) is 4.79 Å². The Morgan fingerprint density at radius 2 is 2.25 bits per heavy atom. The van der Waals surface area contributed by atoms with Crippen LogP contribution in [-0.2, 0) is 11.2 Å². The fourth-order valence-corrected chi connectivity index (χ4v) is 1.59. The van der Waals surface area contributed by atoms with Crippen LogP contribution in [-0.4, -0.2) is 21.5 Å². The van der Waals surface area contributed by atoms with Crippen molar-refractivity contribution in [2.75, 3.05) is 0 Å². The van der Waals surface area contributed by atoms with Crippen LogP contribution in [0.5, 0.6) is 0 Å². The average Bonchev–Trinajstić information content (AvgIpc) is 2.58. The quantitative estimate of drug-likeness (QED) is 0.675. The third kappa shape index (κ3) is 2.32. The molecular weight excluding hydrogens is 204 g/mol. The summed E-state index contributed by atoms with van der Waals surface area (Å²) in [6.45, 7) is 5.52. The van der Waals surface area contributed by atoms with Gasteiger partial charge in [0, 0.05) is 11.8 Å². The van der Waals surface area contributed by atoms with Crippen LogP contribution < -0.4 is 0 Å². The number of aromatic nitrogens is 2. The molecule has 0 fully saturated rings. The molecule has 0 atom stereocenters. The van der Waals surface area contributed by atoms with Gasteiger partial charge in [0.15, 0.2) is 0 Å². The molecule has 0 aliphatic heterocycles. The molecule has 0 bridgehead atoms. The average molecular weight is 220 g/mol. The van der Waals surface area contributed by atoms with Crippen LogP contribution >= 0.6 is 0 Å². The third-order valence-corrected chi connectivity index (χ3v) is 2.25. The number of rotatable bonds is 0. The van der Waals surface area contributed by atoms with E-state index in [0.29, 0.717) is 0 Å². The van der Waals surface area contributed by atoms with Crippen molar-refractivity contribution in [2.45, 2.75) is 39.2 Å². The van der Waals surface area contributed by atoms with Crippen LogP contribution in [0.3, 0.4) is 0 Å². The SMILES string of the molecule is CC(C)(C)OC(=O)n1cc2c(n1)CCC=C2. The molecule has 4 heteroatoms. The minimum atomic E-state index is -0.487. The number of allylic oxidation sites excluding steroid dienone is 1. The summed E-state index contributed by atoms with van der Waals surface area (Å²) in [7, 11) is 0. The van der Waals surface area contributed by atoms with Crippen molar-refractivity contribution in [3.8, 4) is 0 Å². The number of fused-ring (bicyclic) bond motifs is 1. The van der Waals surface area contributed by atoms with Gasteiger partial charge in [0.2, 0.25) is 0 Å². The number of carbonyl (C=O) groups excluding carboxylic acids is 1. The van der Waals surface area contributed by atoms with E-state index in [-0.39, 0.29) is 0 Å². The van der Waals surface area contributed by atoms with E-state index in [1.165, 1.54) is 4.68 Å². The molecule has 1 aliphatic rings. The first-order valence-corrected chi connectivity index (χ1v) is 5.44. The van der Waals surface area contributed by atoms with E-state index in [1.807, 2.05) is 26.8 Å². The maximum atomic E-state index is 11.7. The standard InChI is InChI=1S/C12H16N2O2/c1-12(2,3)16-11(15)14-8-9-6-4-5-7-10(9)13-14/h4,6,8H,5,7H2,1-3H3. The van der Waals surface area contributed by atoms with E-state index in [1.54, 1.807) is 6.20 Å². The highest BCUT2D eigenvalue weighted by Crippen LogP contribution is 2.18. The van der Waals surface area contributed by atoms with Gasteiger partial charge in [-0.05, 0) is 33.6 Å². The summed E-state index contributed by atoms with van der Waals surface area (Å²) in [6.07, 6.45) is 7.25. The van der Waals surface area contributed by atoms with Crippen molar-refractivity contribution < 1.29 is 9.53 Å². The molecule has 0 aromatic carbocycles. The number of aryl methyl sites for hydroxylation is 1. The maximum absolute atomic E-state index is 11.7. The lowest BCUT2D eigenvalue weighted by atomic mass is 10.1. The molecule has 1 heterocycles. The van der Waals surface area contributed by atoms with Gasteiger partial charge in [-0.3, -0.25) is 0 Å². The van der Waals surface area contributed by atoms with Crippen molar-refractivity contribution in [1.29, 1.82) is 0 Å². The Bertz CT molecular complexity index is 438. The second-order valence-corrected chi connectivity index (χ2v) is 4.90. The Morgan fingerprint density at radius 1 is 1.50 bits per heavy atom. The molecule has 0 saturated carbocycles. The third-order valence-electron chi connectivity index (χ3n) is 2.25. The molecule has 0 N–H and O–H groups in total. The lowest BCUT2D eigenvalue weighted by Gasteiger charge is -2.18. The van der Waals surface area contributed by atoms with Crippen molar-refractivity contribution in [3.05, 3.63) is 23.5 Å². The van der Waals surface area contributed by atoms with Gasteiger partial charge < -0.3 is 4.74 Å². The minimum Gasteiger partial charge on any atom is -0.442 e. The van der Waals surface area contributed by atoms with Gasteiger partial charge in [-0.2, -0.15) is 9.78 Å². The molecular formula is C12H16N2O2. The summed E-state index contributed by atoms with van der Waals surface area (Å²) in [4.78, 5) is 11.7. The smallest absolute Gasteiger partial charge is 0.435 e.